The van der Waals surface area contributed by atoms with E-state index in [1.807, 2.05) is 0 Å². The van der Waals surface area contributed by atoms with E-state index in [4.69, 9.17) is 11.0 Å². The maximum atomic E-state index is 15.8. The molecule has 5 rings (SSSR count). The van der Waals surface area contributed by atoms with Crippen LogP contribution in [0.25, 0.3) is 28.0 Å². The number of halogens is 2. The third kappa shape index (κ3) is 3.43. The van der Waals surface area contributed by atoms with Gasteiger partial charge in [0.1, 0.15) is 17.7 Å². The monoisotopic (exact) mass is 447 g/mol. The van der Waals surface area contributed by atoms with Crippen LogP contribution in [0.3, 0.4) is 0 Å². The first-order valence-corrected chi connectivity index (χ1v) is 10.3. The molecular weight excluding hydrogens is 428 g/mol. The second-order valence-electron chi connectivity index (χ2n) is 8.03. The van der Waals surface area contributed by atoms with Crippen molar-refractivity contribution in [2.45, 2.75) is 12.5 Å². The number of hydrogen-bond donors (Lipinski definition) is 1. The molecule has 0 saturated carbocycles. The molecule has 2 aromatic carbocycles. The van der Waals surface area contributed by atoms with Crippen molar-refractivity contribution in [1.82, 2.24) is 24.2 Å². The van der Waals surface area contributed by atoms with E-state index in [1.54, 1.807) is 42.2 Å². The zero-order chi connectivity index (χ0) is 23.3. The molecule has 0 spiro atoms. The summed E-state index contributed by atoms with van der Waals surface area (Å²) in [6.07, 6.45) is 2.27. The molecule has 8 nitrogen and oxygen atoms in total. The van der Waals surface area contributed by atoms with E-state index in [2.05, 4.69) is 10.1 Å². The van der Waals surface area contributed by atoms with E-state index in [-0.39, 0.29) is 28.7 Å². The van der Waals surface area contributed by atoms with Gasteiger partial charge in [0.2, 0.25) is 5.95 Å². The number of imidazole rings is 1. The van der Waals surface area contributed by atoms with Crippen LogP contribution in [0.2, 0.25) is 0 Å². The molecule has 1 saturated heterocycles. The number of amides is 1. The highest BCUT2D eigenvalue weighted by Crippen LogP contribution is 2.30. The fraction of sp³-hybridized carbons (Fsp3) is 0.217. The summed E-state index contributed by atoms with van der Waals surface area (Å²) in [5.41, 5.74) is 6.87. The van der Waals surface area contributed by atoms with Gasteiger partial charge in [0.15, 0.2) is 5.69 Å². The largest absolute Gasteiger partial charge is 0.336 e. The van der Waals surface area contributed by atoms with E-state index >= 15 is 4.39 Å². The number of aromatic nitrogens is 4. The van der Waals surface area contributed by atoms with Crippen molar-refractivity contribution in [2.24, 2.45) is 12.8 Å². The average molecular weight is 447 g/mol. The molecule has 166 valence electrons. The Morgan fingerprint density at radius 2 is 2.06 bits per heavy atom. The first-order chi connectivity index (χ1) is 15.9. The van der Waals surface area contributed by atoms with Gasteiger partial charge in [0.25, 0.3) is 5.91 Å². The van der Waals surface area contributed by atoms with Crippen LogP contribution >= 0.6 is 0 Å². The van der Waals surface area contributed by atoms with Gasteiger partial charge in [0.05, 0.1) is 23.0 Å². The molecule has 1 fully saturated rings. The number of benzene rings is 2. The summed E-state index contributed by atoms with van der Waals surface area (Å²) in [7, 11) is 1.79. The molecule has 33 heavy (non-hydrogen) atoms. The first kappa shape index (κ1) is 20.8. The molecule has 0 bridgehead atoms. The maximum absolute atomic E-state index is 15.8. The Bertz CT molecular complexity index is 1450. The van der Waals surface area contributed by atoms with Crippen molar-refractivity contribution in [3.8, 4) is 23.1 Å². The van der Waals surface area contributed by atoms with Crippen molar-refractivity contribution in [3.05, 3.63) is 65.6 Å². The lowest BCUT2D eigenvalue weighted by Gasteiger charge is -2.14. The molecule has 1 aliphatic rings. The quantitative estimate of drug-likeness (QED) is 0.520. The van der Waals surface area contributed by atoms with Gasteiger partial charge in [-0.2, -0.15) is 14.8 Å². The van der Waals surface area contributed by atoms with Gasteiger partial charge in [-0.25, -0.2) is 9.37 Å². The molecule has 1 atom stereocenters. The normalized spacial score (nSPS) is 15.8. The van der Waals surface area contributed by atoms with Crippen LogP contribution in [-0.4, -0.2) is 49.3 Å². The van der Waals surface area contributed by atoms with Crippen molar-refractivity contribution in [3.63, 3.8) is 0 Å². The van der Waals surface area contributed by atoms with Crippen LogP contribution in [0.15, 0.2) is 42.6 Å². The molecular formula is C23H19F2N7O. The zero-order valence-electron chi connectivity index (χ0n) is 17.7. The Balaban J connectivity index is 1.70. The third-order valence-corrected chi connectivity index (χ3v) is 5.87. The molecule has 4 aromatic rings. The van der Waals surface area contributed by atoms with Crippen molar-refractivity contribution in [1.29, 1.82) is 5.26 Å². The highest BCUT2D eigenvalue weighted by atomic mass is 19.1. The van der Waals surface area contributed by atoms with Gasteiger partial charge in [-0.3, -0.25) is 14.0 Å². The summed E-state index contributed by atoms with van der Waals surface area (Å²) in [5, 5.41) is 14.0. The summed E-state index contributed by atoms with van der Waals surface area (Å²) < 4.78 is 33.0. The van der Waals surface area contributed by atoms with E-state index in [1.165, 1.54) is 21.6 Å². The van der Waals surface area contributed by atoms with Gasteiger partial charge in [-0.1, -0.05) is 0 Å². The zero-order valence-corrected chi connectivity index (χ0v) is 17.7. The molecule has 0 unspecified atom stereocenters. The summed E-state index contributed by atoms with van der Waals surface area (Å²) in [6.45, 7) is 0.725. The lowest BCUT2D eigenvalue weighted by atomic mass is 10.1. The number of hydrogen-bond acceptors (Lipinski definition) is 5. The number of aryl methyl sites for hydroxylation is 1. The van der Waals surface area contributed by atoms with Crippen LogP contribution in [-0.2, 0) is 7.05 Å². The number of fused-ring (bicyclic) bond motifs is 1. The second-order valence-corrected chi connectivity index (χ2v) is 8.03. The van der Waals surface area contributed by atoms with Crippen molar-refractivity contribution < 1.29 is 13.6 Å². The molecule has 1 amide bonds. The molecule has 0 aliphatic carbocycles. The van der Waals surface area contributed by atoms with Gasteiger partial charge in [0, 0.05) is 37.1 Å². The molecule has 0 radical (unpaired) electrons. The van der Waals surface area contributed by atoms with Gasteiger partial charge >= 0.3 is 0 Å². The van der Waals surface area contributed by atoms with Gasteiger partial charge < -0.3 is 10.6 Å². The van der Waals surface area contributed by atoms with E-state index in [0.29, 0.717) is 25.2 Å². The number of carbonyl (C=O) groups is 1. The predicted octanol–water partition coefficient (Wildman–Crippen LogP) is 2.75. The molecule has 2 N–H and O–H groups in total. The van der Waals surface area contributed by atoms with Crippen LogP contribution in [0.1, 0.15) is 22.5 Å². The summed E-state index contributed by atoms with van der Waals surface area (Å²) in [6, 6.07) is 10.7. The Morgan fingerprint density at radius 1 is 1.24 bits per heavy atom. The summed E-state index contributed by atoms with van der Waals surface area (Å²) in [4.78, 5) is 18.8. The molecule has 2 aromatic heterocycles. The van der Waals surface area contributed by atoms with Crippen molar-refractivity contribution in [2.75, 3.05) is 13.1 Å². The highest BCUT2D eigenvalue weighted by molar-refractivity contribution is 5.94. The fourth-order valence-corrected chi connectivity index (χ4v) is 4.12. The number of nitriles is 1. The number of carbonyl (C=O) groups excluding carboxylic acids is 1. The van der Waals surface area contributed by atoms with E-state index in [9.17, 15) is 9.18 Å². The van der Waals surface area contributed by atoms with E-state index < -0.39 is 17.7 Å². The minimum Gasteiger partial charge on any atom is -0.336 e. The minimum absolute atomic E-state index is 0.0472. The minimum atomic E-state index is -0.858. The Hall–Kier alpha value is -4.10. The molecule has 10 heteroatoms. The first-order valence-electron chi connectivity index (χ1n) is 10.3. The summed E-state index contributed by atoms with van der Waals surface area (Å²) in [5.74, 6) is -2.14. The number of nitrogens with two attached hydrogens (primary N) is 1. The second kappa shape index (κ2) is 7.79. The summed E-state index contributed by atoms with van der Waals surface area (Å²) >= 11 is 0. The van der Waals surface area contributed by atoms with Gasteiger partial charge in [-0.05, 0) is 42.8 Å². The predicted molar refractivity (Wildman–Crippen MR) is 116 cm³/mol. The Labute approximate surface area is 187 Å². The fourth-order valence-electron chi connectivity index (χ4n) is 4.12. The SMILES string of the molecule is Cn1ncc2cc(-n3c(-c4ccc(C#N)c(F)c4)nc(C(=O)N4CC[C@H](N)C4)c3F)ccc21. The molecule has 1 aliphatic heterocycles. The average Bonchev–Trinajstić information content (AvgIpc) is 3.50. The standard InChI is InChI=1S/C23H19F2N7O/c1-30-19-5-4-17(8-15(19)11-28-30)32-21(25)20(23(33)31-7-6-16(27)12-31)29-22(32)13-2-3-14(10-26)18(24)9-13/h2-5,8-9,11,16H,6-7,12,27H2,1H3/t16-/m0/s1. The lowest BCUT2D eigenvalue weighted by Crippen LogP contribution is -2.32. The van der Waals surface area contributed by atoms with Crippen LogP contribution in [0, 0.1) is 23.1 Å². The topological polar surface area (TPSA) is 106 Å². The van der Waals surface area contributed by atoms with Gasteiger partial charge in [-0.15, -0.1) is 0 Å². The van der Waals surface area contributed by atoms with Crippen LogP contribution < -0.4 is 5.73 Å². The van der Waals surface area contributed by atoms with Crippen LogP contribution in [0.5, 0.6) is 0 Å². The van der Waals surface area contributed by atoms with Crippen molar-refractivity contribution >= 4 is 16.8 Å². The lowest BCUT2D eigenvalue weighted by molar-refractivity contribution is 0.0780. The smallest absolute Gasteiger partial charge is 0.277 e. The number of rotatable bonds is 3. The molecule has 3 heterocycles. The van der Waals surface area contributed by atoms with E-state index in [0.717, 1.165) is 17.0 Å². The Morgan fingerprint density at radius 3 is 2.76 bits per heavy atom. The Kier molecular flexibility index (Phi) is 4.91. The third-order valence-electron chi connectivity index (χ3n) is 5.87. The highest BCUT2D eigenvalue weighted by Gasteiger charge is 2.31. The van der Waals surface area contributed by atoms with Crippen LogP contribution in [0.4, 0.5) is 8.78 Å². The number of nitrogens with zero attached hydrogens (tertiary/aromatic N) is 6. The number of likely N-dealkylation sites (tertiary alicyclic amines) is 1. The maximum Gasteiger partial charge on any atom is 0.277 e.